The van der Waals surface area contributed by atoms with Crippen molar-refractivity contribution in [1.29, 1.82) is 0 Å². The topological polar surface area (TPSA) is 70.9 Å². The molecule has 96 valence electrons. The first-order valence-electron chi connectivity index (χ1n) is 5.64. The Morgan fingerprint density at radius 3 is 3.05 bits per heavy atom. The highest BCUT2D eigenvalue weighted by Gasteiger charge is 2.18. The highest BCUT2D eigenvalue weighted by atomic mass is 35.5. The molecule has 1 aromatic carbocycles. The van der Waals surface area contributed by atoms with Crippen molar-refractivity contribution >= 4 is 34.2 Å². The van der Waals surface area contributed by atoms with E-state index in [2.05, 4.69) is 15.5 Å². The van der Waals surface area contributed by atoms with E-state index in [1.54, 1.807) is 24.4 Å². The molecule has 0 fully saturated rings. The zero-order valence-electron chi connectivity index (χ0n) is 10.0. The molecule has 3 rings (SSSR count). The van der Waals surface area contributed by atoms with Crippen LogP contribution in [0.25, 0.3) is 11.0 Å². The number of hydrogen-bond acceptors (Lipinski definition) is 3. The van der Waals surface area contributed by atoms with E-state index in [-0.39, 0.29) is 11.7 Å². The number of fused-ring (bicyclic) bond motifs is 1. The second-order valence-corrected chi connectivity index (χ2v) is 4.57. The lowest BCUT2D eigenvalue weighted by molar-refractivity contribution is 0.0998. The SMILES string of the molecule is Cc1c(C(=O)Nc2cn[nH]c2)oc2ccc(Cl)cc12. The molecule has 0 saturated carbocycles. The van der Waals surface area contributed by atoms with E-state index in [0.29, 0.717) is 16.3 Å². The largest absolute Gasteiger partial charge is 0.451 e. The number of furan rings is 1. The third-order valence-electron chi connectivity index (χ3n) is 2.86. The Morgan fingerprint density at radius 1 is 1.47 bits per heavy atom. The van der Waals surface area contributed by atoms with Crippen LogP contribution >= 0.6 is 11.6 Å². The molecule has 0 atom stereocenters. The Balaban J connectivity index is 2.00. The van der Waals surface area contributed by atoms with Crippen LogP contribution in [-0.2, 0) is 0 Å². The maximum atomic E-state index is 12.1. The Morgan fingerprint density at radius 2 is 2.32 bits per heavy atom. The monoisotopic (exact) mass is 275 g/mol. The van der Waals surface area contributed by atoms with Gasteiger partial charge in [-0.2, -0.15) is 5.10 Å². The fourth-order valence-corrected chi connectivity index (χ4v) is 2.09. The minimum atomic E-state index is -0.314. The summed E-state index contributed by atoms with van der Waals surface area (Å²) in [4.78, 5) is 12.1. The average Bonchev–Trinajstić information content (AvgIpc) is 2.98. The molecular weight excluding hydrogens is 266 g/mol. The lowest BCUT2D eigenvalue weighted by Gasteiger charge is -1.99. The second kappa shape index (κ2) is 4.44. The van der Waals surface area contributed by atoms with Gasteiger partial charge in [0.05, 0.1) is 11.9 Å². The van der Waals surface area contributed by atoms with Gasteiger partial charge in [-0.1, -0.05) is 11.6 Å². The van der Waals surface area contributed by atoms with Crippen molar-refractivity contribution in [3.05, 3.63) is 46.9 Å². The summed E-state index contributed by atoms with van der Waals surface area (Å²) in [5, 5.41) is 10.5. The van der Waals surface area contributed by atoms with Gasteiger partial charge in [-0.05, 0) is 25.1 Å². The van der Waals surface area contributed by atoms with E-state index in [1.807, 2.05) is 6.92 Å². The first-order chi connectivity index (χ1) is 9.15. The molecule has 0 radical (unpaired) electrons. The summed E-state index contributed by atoms with van der Waals surface area (Å²) in [6, 6.07) is 5.26. The van der Waals surface area contributed by atoms with E-state index in [1.165, 1.54) is 6.20 Å². The summed E-state index contributed by atoms with van der Waals surface area (Å²) in [6.07, 6.45) is 3.11. The number of anilines is 1. The number of aromatic amines is 1. The highest BCUT2D eigenvalue weighted by Crippen LogP contribution is 2.28. The molecule has 0 unspecified atom stereocenters. The van der Waals surface area contributed by atoms with E-state index >= 15 is 0 Å². The Labute approximate surface area is 113 Å². The first-order valence-corrected chi connectivity index (χ1v) is 6.02. The molecule has 2 aromatic heterocycles. The molecule has 0 aliphatic carbocycles. The van der Waals surface area contributed by atoms with E-state index < -0.39 is 0 Å². The number of aromatic nitrogens is 2. The number of H-pyrrole nitrogens is 1. The second-order valence-electron chi connectivity index (χ2n) is 4.14. The van der Waals surface area contributed by atoms with Crippen molar-refractivity contribution < 1.29 is 9.21 Å². The van der Waals surface area contributed by atoms with Gasteiger partial charge in [0.2, 0.25) is 0 Å². The van der Waals surface area contributed by atoms with Gasteiger partial charge in [0.15, 0.2) is 5.76 Å². The van der Waals surface area contributed by atoms with Crippen LogP contribution in [0, 0.1) is 6.92 Å². The molecule has 0 aliphatic rings. The lowest BCUT2D eigenvalue weighted by atomic mass is 10.1. The minimum absolute atomic E-state index is 0.276. The van der Waals surface area contributed by atoms with Crippen molar-refractivity contribution in [2.24, 2.45) is 0 Å². The van der Waals surface area contributed by atoms with Crippen molar-refractivity contribution in [2.75, 3.05) is 5.32 Å². The molecule has 3 aromatic rings. The number of aryl methyl sites for hydroxylation is 1. The summed E-state index contributed by atoms with van der Waals surface area (Å²) in [5.41, 5.74) is 1.99. The zero-order valence-corrected chi connectivity index (χ0v) is 10.8. The fourth-order valence-electron chi connectivity index (χ4n) is 1.92. The van der Waals surface area contributed by atoms with Crippen molar-refractivity contribution in [1.82, 2.24) is 10.2 Å². The van der Waals surface area contributed by atoms with E-state index in [9.17, 15) is 4.79 Å². The quantitative estimate of drug-likeness (QED) is 0.753. The maximum absolute atomic E-state index is 12.1. The van der Waals surface area contributed by atoms with Crippen LogP contribution in [-0.4, -0.2) is 16.1 Å². The van der Waals surface area contributed by atoms with E-state index in [0.717, 1.165) is 10.9 Å². The molecule has 0 saturated heterocycles. The highest BCUT2D eigenvalue weighted by molar-refractivity contribution is 6.31. The van der Waals surface area contributed by atoms with Gasteiger partial charge in [0.1, 0.15) is 5.58 Å². The number of nitrogens with one attached hydrogen (secondary N) is 2. The van der Waals surface area contributed by atoms with Crippen molar-refractivity contribution in [3.63, 3.8) is 0 Å². The smallest absolute Gasteiger partial charge is 0.291 e. The molecule has 19 heavy (non-hydrogen) atoms. The van der Waals surface area contributed by atoms with Gasteiger partial charge in [-0.3, -0.25) is 9.89 Å². The van der Waals surface area contributed by atoms with Gasteiger partial charge >= 0.3 is 0 Å². The van der Waals surface area contributed by atoms with Crippen molar-refractivity contribution in [2.45, 2.75) is 6.92 Å². The van der Waals surface area contributed by atoms with Crippen LogP contribution in [0.15, 0.2) is 35.0 Å². The predicted molar refractivity (Wildman–Crippen MR) is 72.5 cm³/mol. The van der Waals surface area contributed by atoms with Crippen LogP contribution in [0.2, 0.25) is 5.02 Å². The number of hydrogen-bond donors (Lipinski definition) is 2. The van der Waals surface area contributed by atoms with Crippen LogP contribution in [0.5, 0.6) is 0 Å². The third-order valence-corrected chi connectivity index (χ3v) is 3.10. The Hall–Kier alpha value is -2.27. The van der Waals surface area contributed by atoms with E-state index in [4.69, 9.17) is 16.0 Å². The van der Waals surface area contributed by atoms with Gasteiger partial charge in [-0.25, -0.2) is 0 Å². The number of halogens is 1. The van der Waals surface area contributed by atoms with Gasteiger partial charge in [0, 0.05) is 22.2 Å². The molecule has 1 amide bonds. The maximum Gasteiger partial charge on any atom is 0.291 e. The van der Waals surface area contributed by atoms with Crippen LogP contribution in [0.3, 0.4) is 0 Å². The average molecular weight is 276 g/mol. The number of benzene rings is 1. The van der Waals surface area contributed by atoms with Crippen LogP contribution in [0.4, 0.5) is 5.69 Å². The molecule has 0 spiro atoms. The molecule has 0 bridgehead atoms. The summed E-state index contributed by atoms with van der Waals surface area (Å²) in [5.74, 6) is -0.0373. The normalized spacial score (nSPS) is 10.8. The number of rotatable bonds is 2. The summed E-state index contributed by atoms with van der Waals surface area (Å²) >= 11 is 5.94. The predicted octanol–water partition coefficient (Wildman–Crippen LogP) is 3.37. The van der Waals surface area contributed by atoms with Gasteiger partial charge in [0.25, 0.3) is 5.91 Å². The molecule has 5 nitrogen and oxygen atoms in total. The molecule has 2 N–H and O–H groups in total. The summed E-state index contributed by atoms with van der Waals surface area (Å²) in [7, 11) is 0. The van der Waals surface area contributed by atoms with Gasteiger partial charge in [-0.15, -0.1) is 0 Å². The lowest BCUT2D eigenvalue weighted by Crippen LogP contribution is -2.11. The number of amides is 1. The first kappa shape index (κ1) is 11.8. The molecule has 2 heterocycles. The molecule has 0 aliphatic heterocycles. The third kappa shape index (κ3) is 2.08. The number of carbonyl (C=O) groups is 1. The Kier molecular flexibility index (Phi) is 2.76. The summed E-state index contributed by atoms with van der Waals surface area (Å²) < 4.78 is 5.56. The molecule has 6 heteroatoms. The number of nitrogens with zero attached hydrogens (tertiary/aromatic N) is 1. The minimum Gasteiger partial charge on any atom is -0.451 e. The summed E-state index contributed by atoms with van der Waals surface area (Å²) in [6.45, 7) is 1.83. The fraction of sp³-hybridized carbons (Fsp3) is 0.0769. The Bertz CT molecular complexity index is 747. The zero-order chi connectivity index (χ0) is 13.4. The van der Waals surface area contributed by atoms with Crippen molar-refractivity contribution in [3.8, 4) is 0 Å². The van der Waals surface area contributed by atoms with Crippen LogP contribution < -0.4 is 5.32 Å². The standard InChI is InChI=1S/C13H10ClN3O2/c1-7-10-4-8(14)2-3-11(10)19-12(7)13(18)17-9-5-15-16-6-9/h2-6H,1H3,(H,15,16)(H,17,18). The van der Waals surface area contributed by atoms with Gasteiger partial charge < -0.3 is 9.73 Å². The van der Waals surface area contributed by atoms with Crippen LogP contribution in [0.1, 0.15) is 16.1 Å². The number of carbonyl (C=O) groups excluding carboxylic acids is 1. The molecular formula is C13H10ClN3O2.